The molecule has 4 rings (SSSR count). The summed E-state index contributed by atoms with van der Waals surface area (Å²) >= 11 is 1.52. The van der Waals surface area contributed by atoms with Gasteiger partial charge in [0, 0.05) is 24.5 Å². The summed E-state index contributed by atoms with van der Waals surface area (Å²) < 4.78 is 51.5. The monoisotopic (exact) mass is 461 g/mol. The van der Waals surface area contributed by atoms with Crippen LogP contribution in [-0.2, 0) is 9.53 Å². The second kappa shape index (κ2) is 9.18. The van der Waals surface area contributed by atoms with E-state index in [1.807, 2.05) is 21.7 Å². The molecule has 0 bridgehead atoms. The summed E-state index contributed by atoms with van der Waals surface area (Å²) in [5.41, 5.74) is 0.412. The number of likely N-dealkylation sites (tertiary alicyclic amines) is 1. The van der Waals surface area contributed by atoms with Crippen molar-refractivity contribution in [1.29, 1.82) is 0 Å². The minimum atomic E-state index is -5.08. The van der Waals surface area contributed by atoms with Crippen LogP contribution < -0.4 is 5.32 Å². The van der Waals surface area contributed by atoms with Gasteiger partial charge in [0.25, 0.3) is 5.91 Å². The lowest BCUT2D eigenvalue weighted by Gasteiger charge is -2.23. The number of carboxylic acid groups (broad SMARTS) is 1. The number of aliphatic carboxylic acids is 1. The Morgan fingerprint density at radius 3 is 2.71 bits per heavy atom. The third-order valence-corrected chi connectivity index (χ3v) is 5.61. The third kappa shape index (κ3) is 5.70. The molecule has 0 aliphatic carbocycles. The Kier molecular flexibility index (Phi) is 6.80. The molecule has 2 aromatic heterocycles. The average Bonchev–Trinajstić information content (AvgIpc) is 3.46. The Morgan fingerprint density at radius 2 is 2.10 bits per heavy atom. The first-order valence-electron chi connectivity index (χ1n) is 9.22. The lowest BCUT2D eigenvalue weighted by molar-refractivity contribution is -0.192. The number of ether oxygens (including phenoxy) is 1. The van der Waals surface area contributed by atoms with Gasteiger partial charge in [0.05, 0.1) is 30.4 Å². The quantitative estimate of drug-likeness (QED) is 0.681. The van der Waals surface area contributed by atoms with Crippen LogP contribution in [-0.4, -0.2) is 64.4 Å². The zero-order valence-electron chi connectivity index (χ0n) is 16.1. The Bertz CT molecular complexity index is 925. The number of thiophene rings is 1. The molecule has 2 N–H and O–H groups in total. The summed E-state index contributed by atoms with van der Waals surface area (Å²) in [5, 5.41) is 14.0. The smallest absolute Gasteiger partial charge is 0.475 e. The van der Waals surface area contributed by atoms with Gasteiger partial charge in [-0.1, -0.05) is 0 Å². The van der Waals surface area contributed by atoms with Crippen molar-refractivity contribution in [1.82, 2.24) is 9.88 Å². The summed E-state index contributed by atoms with van der Waals surface area (Å²) in [7, 11) is 0. The molecule has 0 aromatic carbocycles. The molecule has 2 fully saturated rings. The minimum absolute atomic E-state index is 0.00518. The zero-order chi connectivity index (χ0) is 22.6. The van der Waals surface area contributed by atoms with Crippen LogP contribution in [0.3, 0.4) is 0 Å². The normalized spacial score (nSPS) is 22.8. The first-order valence-corrected chi connectivity index (χ1v) is 10.2. The van der Waals surface area contributed by atoms with E-state index in [1.165, 1.54) is 17.4 Å². The SMILES string of the molecule is O=C(O)C(F)(F)F.O=C(c1ccsc1)N1CCC2(CC(Nc3ncccc3F)CO2)C1. The molecule has 1 spiro atoms. The number of carbonyl (C=O) groups excluding carboxylic acids is 1. The first kappa shape index (κ1) is 22.9. The highest BCUT2D eigenvalue weighted by Crippen LogP contribution is 2.36. The molecule has 168 valence electrons. The van der Waals surface area contributed by atoms with Crippen LogP contribution in [0.15, 0.2) is 35.2 Å². The fourth-order valence-corrected chi connectivity index (χ4v) is 4.12. The van der Waals surface area contributed by atoms with Gasteiger partial charge in [-0.2, -0.15) is 24.5 Å². The second-order valence-electron chi connectivity index (χ2n) is 7.16. The lowest BCUT2D eigenvalue weighted by Crippen LogP contribution is -2.36. The summed E-state index contributed by atoms with van der Waals surface area (Å²) in [4.78, 5) is 27.2. The Morgan fingerprint density at radius 1 is 1.35 bits per heavy atom. The van der Waals surface area contributed by atoms with Gasteiger partial charge in [0.1, 0.15) is 0 Å². The molecular formula is C19H19F4N3O4S. The van der Waals surface area contributed by atoms with Crippen molar-refractivity contribution in [2.45, 2.75) is 30.7 Å². The predicted molar refractivity (Wildman–Crippen MR) is 103 cm³/mol. The maximum Gasteiger partial charge on any atom is 0.490 e. The largest absolute Gasteiger partial charge is 0.490 e. The molecule has 1 amide bonds. The highest BCUT2D eigenvalue weighted by atomic mass is 32.1. The second-order valence-corrected chi connectivity index (χ2v) is 7.94. The molecule has 2 saturated heterocycles. The van der Waals surface area contributed by atoms with Crippen LogP contribution in [0.4, 0.5) is 23.4 Å². The number of hydrogen-bond acceptors (Lipinski definition) is 6. The average molecular weight is 461 g/mol. The highest BCUT2D eigenvalue weighted by molar-refractivity contribution is 7.08. The number of aromatic nitrogens is 1. The number of rotatable bonds is 3. The van der Waals surface area contributed by atoms with Crippen molar-refractivity contribution in [2.75, 3.05) is 25.0 Å². The lowest BCUT2D eigenvalue weighted by atomic mass is 9.97. The number of amides is 1. The number of nitrogens with one attached hydrogen (secondary N) is 1. The molecule has 2 atom stereocenters. The number of anilines is 1. The van der Waals surface area contributed by atoms with E-state index in [0.29, 0.717) is 19.7 Å². The predicted octanol–water partition coefficient (Wildman–Crippen LogP) is 3.40. The fourth-order valence-electron chi connectivity index (χ4n) is 3.49. The van der Waals surface area contributed by atoms with Crippen LogP contribution in [0.25, 0.3) is 0 Å². The molecule has 4 heterocycles. The van der Waals surface area contributed by atoms with Crippen LogP contribution in [0.5, 0.6) is 0 Å². The summed E-state index contributed by atoms with van der Waals surface area (Å²) in [6, 6.07) is 4.81. The van der Waals surface area contributed by atoms with Crippen LogP contribution in [0, 0.1) is 5.82 Å². The highest BCUT2D eigenvalue weighted by Gasteiger charge is 2.47. The van der Waals surface area contributed by atoms with Crippen LogP contribution >= 0.6 is 11.3 Å². The summed E-state index contributed by atoms with van der Waals surface area (Å²) in [6.07, 6.45) is -1.96. The van der Waals surface area contributed by atoms with Gasteiger partial charge in [-0.25, -0.2) is 14.2 Å². The Balaban J connectivity index is 0.000000339. The number of pyridine rings is 1. The van der Waals surface area contributed by atoms with E-state index >= 15 is 0 Å². The van der Waals surface area contributed by atoms with E-state index in [-0.39, 0.29) is 29.2 Å². The fraction of sp³-hybridized carbons (Fsp3) is 0.421. The number of halogens is 4. The van der Waals surface area contributed by atoms with E-state index < -0.39 is 12.1 Å². The molecule has 0 saturated carbocycles. The number of hydrogen-bond donors (Lipinski definition) is 2. The van der Waals surface area contributed by atoms with Crippen molar-refractivity contribution < 1.29 is 37.0 Å². The summed E-state index contributed by atoms with van der Waals surface area (Å²) in [6.45, 7) is 1.78. The summed E-state index contributed by atoms with van der Waals surface area (Å²) in [5.74, 6) is -2.80. The van der Waals surface area contributed by atoms with Crippen LogP contribution in [0.1, 0.15) is 23.2 Å². The maximum atomic E-state index is 13.7. The molecule has 2 aromatic rings. The van der Waals surface area contributed by atoms with Gasteiger partial charge in [0.15, 0.2) is 11.6 Å². The molecule has 2 unspecified atom stereocenters. The molecule has 7 nitrogen and oxygen atoms in total. The Labute approximate surface area is 178 Å². The molecule has 2 aliphatic rings. The number of carboxylic acids is 1. The Hall–Kier alpha value is -2.73. The molecule has 2 aliphatic heterocycles. The van der Waals surface area contributed by atoms with Crippen molar-refractivity contribution in [3.63, 3.8) is 0 Å². The van der Waals surface area contributed by atoms with Crippen molar-refractivity contribution in [3.8, 4) is 0 Å². The van der Waals surface area contributed by atoms with Crippen LogP contribution in [0.2, 0.25) is 0 Å². The minimum Gasteiger partial charge on any atom is -0.475 e. The van der Waals surface area contributed by atoms with Gasteiger partial charge in [-0.05, 0) is 30.0 Å². The van der Waals surface area contributed by atoms with E-state index in [1.54, 1.807) is 12.3 Å². The standard InChI is InChI=1S/C17H18FN3O2S.C2HF3O2/c18-14-2-1-5-19-15(14)20-13-8-17(23-9-13)4-6-21(11-17)16(22)12-3-7-24-10-12;3-2(4,5)1(6)7/h1-3,5,7,10,13H,4,6,8-9,11H2,(H,19,20);(H,6,7). The zero-order valence-corrected chi connectivity index (χ0v) is 16.9. The number of nitrogens with zero attached hydrogens (tertiary/aromatic N) is 2. The van der Waals surface area contributed by atoms with E-state index in [9.17, 15) is 22.4 Å². The van der Waals surface area contributed by atoms with Gasteiger partial charge < -0.3 is 20.1 Å². The van der Waals surface area contributed by atoms with E-state index in [0.717, 1.165) is 18.4 Å². The van der Waals surface area contributed by atoms with Gasteiger partial charge >= 0.3 is 12.1 Å². The van der Waals surface area contributed by atoms with Gasteiger partial charge in [-0.15, -0.1) is 0 Å². The molecule has 31 heavy (non-hydrogen) atoms. The number of alkyl halides is 3. The molecule has 0 radical (unpaired) electrons. The topological polar surface area (TPSA) is 91.8 Å². The van der Waals surface area contributed by atoms with E-state index in [2.05, 4.69) is 10.3 Å². The van der Waals surface area contributed by atoms with Crippen molar-refractivity contribution in [3.05, 3.63) is 46.5 Å². The van der Waals surface area contributed by atoms with Gasteiger partial charge in [0.2, 0.25) is 0 Å². The maximum absolute atomic E-state index is 13.7. The number of carbonyl (C=O) groups is 2. The van der Waals surface area contributed by atoms with Crippen molar-refractivity contribution >= 4 is 29.0 Å². The van der Waals surface area contributed by atoms with Gasteiger partial charge in [-0.3, -0.25) is 4.79 Å². The van der Waals surface area contributed by atoms with Crippen molar-refractivity contribution in [2.24, 2.45) is 0 Å². The molecular weight excluding hydrogens is 442 g/mol. The third-order valence-electron chi connectivity index (χ3n) is 4.92. The first-order chi connectivity index (χ1) is 14.6. The molecule has 12 heteroatoms. The van der Waals surface area contributed by atoms with E-state index in [4.69, 9.17) is 14.6 Å².